The summed E-state index contributed by atoms with van der Waals surface area (Å²) in [5.74, 6) is 0.613. The normalized spacial score (nSPS) is 18.4. The molecule has 11 rings (SSSR count). The SMILES string of the molecule is C1=CC2C(c3ccc4c5c3ccc3ccc6cccc-4c6c35)=Cc3c(cc4c5c(cccc35)-c3ccccc3-4)C2C=C1. The van der Waals surface area contributed by atoms with Gasteiger partial charge >= 0.3 is 0 Å². The molecular formula is C42H24. The molecule has 0 saturated carbocycles. The Morgan fingerprint density at radius 2 is 1.07 bits per heavy atom. The average molecular weight is 529 g/mol. The van der Waals surface area contributed by atoms with E-state index in [-0.39, 0.29) is 0 Å². The first kappa shape index (κ1) is 21.5. The van der Waals surface area contributed by atoms with E-state index in [1.54, 1.807) is 0 Å². The van der Waals surface area contributed by atoms with E-state index in [9.17, 15) is 0 Å². The van der Waals surface area contributed by atoms with Crippen LogP contribution >= 0.6 is 0 Å². The molecule has 0 saturated heterocycles. The Labute approximate surface area is 243 Å². The van der Waals surface area contributed by atoms with E-state index in [1.165, 1.54) is 98.7 Å². The lowest BCUT2D eigenvalue weighted by atomic mass is 9.69. The smallest absolute Gasteiger partial charge is 0.0131 e. The Hall–Kier alpha value is -5.20. The first-order valence-electron chi connectivity index (χ1n) is 15.0. The van der Waals surface area contributed by atoms with Gasteiger partial charge < -0.3 is 0 Å². The van der Waals surface area contributed by atoms with Crippen LogP contribution in [-0.2, 0) is 0 Å². The molecular weight excluding hydrogens is 504 g/mol. The Balaban J connectivity index is 1.24. The molecule has 0 N–H and O–H groups in total. The number of hydrogen-bond donors (Lipinski definition) is 0. The van der Waals surface area contributed by atoms with Gasteiger partial charge in [-0.2, -0.15) is 0 Å². The number of rotatable bonds is 1. The highest BCUT2D eigenvalue weighted by atomic mass is 14.4. The number of hydrogen-bond acceptors (Lipinski definition) is 0. The van der Waals surface area contributed by atoms with E-state index in [2.05, 4.69) is 134 Å². The van der Waals surface area contributed by atoms with Crippen molar-refractivity contribution in [3.63, 3.8) is 0 Å². The fraction of sp³-hybridized carbons (Fsp3) is 0.0476. The van der Waals surface area contributed by atoms with Crippen LogP contribution in [0.2, 0.25) is 0 Å². The van der Waals surface area contributed by atoms with Crippen molar-refractivity contribution in [1.82, 2.24) is 0 Å². The second kappa shape index (κ2) is 7.35. The molecule has 0 aromatic heterocycles. The highest BCUT2D eigenvalue weighted by Gasteiger charge is 2.35. The van der Waals surface area contributed by atoms with Crippen LogP contribution in [0.25, 0.3) is 88.1 Å². The second-order valence-corrected chi connectivity index (χ2v) is 12.3. The summed E-state index contributed by atoms with van der Waals surface area (Å²) in [4.78, 5) is 0. The summed E-state index contributed by atoms with van der Waals surface area (Å²) in [7, 11) is 0. The molecule has 7 aromatic rings. The lowest BCUT2D eigenvalue weighted by Gasteiger charge is -2.34. The molecule has 0 nitrogen and oxygen atoms in total. The molecule has 0 aliphatic heterocycles. The molecule has 2 atom stereocenters. The predicted octanol–water partition coefficient (Wildman–Crippen LogP) is 11.3. The maximum Gasteiger partial charge on any atom is 0.0131 e. The number of benzene rings is 7. The largest absolute Gasteiger partial charge is 0.0761 e. The van der Waals surface area contributed by atoms with Crippen molar-refractivity contribution in [2.24, 2.45) is 5.92 Å². The summed E-state index contributed by atoms with van der Waals surface area (Å²) in [5.41, 5.74) is 13.9. The third-order valence-corrected chi connectivity index (χ3v) is 10.5. The molecule has 7 aromatic carbocycles. The van der Waals surface area contributed by atoms with E-state index < -0.39 is 0 Å². The second-order valence-electron chi connectivity index (χ2n) is 12.3. The summed E-state index contributed by atoms with van der Waals surface area (Å²) in [6.07, 6.45) is 11.9. The molecule has 4 aliphatic rings. The van der Waals surface area contributed by atoms with E-state index in [1.807, 2.05) is 0 Å². The molecule has 0 radical (unpaired) electrons. The summed E-state index contributed by atoms with van der Waals surface area (Å²) >= 11 is 0. The molecule has 192 valence electrons. The fourth-order valence-corrected chi connectivity index (χ4v) is 8.80. The first-order chi connectivity index (χ1) is 20.8. The standard InChI is InChI=1S/C42H24/c1-4-11-28-25(8-1)30-13-6-14-32-37-21-35(26-9-2-3-10-27(26)36(37)22-38(28)41(30)32)29-19-20-34-31-12-5-7-23-15-16-24-17-18-33(29)42(34)40(24)39(23)31/h1-22,26-27H. The van der Waals surface area contributed by atoms with E-state index in [0.717, 1.165) is 0 Å². The van der Waals surface area contributed by atoms with Gasteiger partial charge in [0.15, 0.2) is 0 Å². The molecule has 0 fully saturated rings. The molecule has 42 heavy (non-hydrogen) atoms. The maximum atomic E-state index is 2.54. The van der Waals surface area contributed by atoms with Crippen LogP contribution in [0.3, 0.4) is 0 Å². The topological polar surface area (TPSA) is 0 Å². The van der Waals surface area contributed by atoms with Crippen LogP contribution in [0.5, 0.6) is 0 Å². The molecule has 0 amide bonds. The van der Waals surface area contributed by atoms with Crippen LogP contribution in [0.15, 0.2) is 127 Å². The van der Waals surface area contributed by atoms with Gasteiger partial charge in [-0.1, -0.05) is 121 Å². The third-order valence-electron chi connectivity index (χ3n) is 10.5. The summed E-state index contributed by atoms with van der Waals surface area (Å²) in [5, 5.41) is 11.1. The predicted molar refractivity (Wildman–Crippen MR) is 179 cm³/mol. The Morgan fingerprint density at radius 3 is 1.95 bits per heavy atom. The maximum absolute atomic E-state index is 2.54. The van der Waals surface area contributed by atoms with Crippen molar-refractivity contribution in [1.29, 1.82) is 0 Å². The van der Waals surface area contributed by atoms with Gasteiger partial charge in [0, 0.05) is 11.8 Å². The van der Waals surface area contributed by atoms with Gasteiger partial charge in [-0.3, -0.25) is 0 Å². The van der Waals surface area contributed by atoms with Crippen LogP contribution < -0.4 is 0 Å². The zero-order chi connectivity index (χ0) is 27.1. The van der Waals surface area contributed by atoms with Gasteiger partial charge in [0.1, 0.15) is 0 Å². The highest BCUT2D eigenvalue weighted by molar-refractivity contribution is 6.34. The van der Waals surface area contributed by atoms with Crippen molar-refractivity contribution in [3.05, 3.63) is 144 Å². The van der Waals surface area contributed by atoms with Gasteiger partial charge in [-0.05, 0) is 111 Å². The van der Waals surface area contributed by atoms with Gasteiger partial charge in [-0.15, -0.1) is 0 Å². The summed E-state index contributed by atoms with van der Waals surface area (Å²) in [6.45, 7) is 0. The Kier molecular flexibility index (Phi) is 3.77. The van der Waals surface area contributed by atoms with Gasteiger partial charge in [-0.25, -0.2) is 0 Å². The highest BCUT2D eigenvalue weighted by Crippen LogP contribution is 2.56. The number of allylic oxidation sites excluding steroid dienone is 5. The van der Waals surface area contributed by atoms with Crippen LogP contribution in [0.1, 0.15) is 22.6 Å². The molecule has 0 heteroatoms. The van der Waals surface area contributed by atoms with E-state index in [4.69, 9.17) is 0 Å². The first-order valence-corrected chi connectivity index (χ1v) is 15.0. The Morgan fingerprint density at radius 1 is 0.405 bits per heavy atom. The molecule has 2 unspecified atom stereocenters. The summed E-state index contributed by atoms with van der Waals surface area (Å²) in [6, 6.07) is 39.2. The minimum atomic E-state index is 0.302. The minimum absolute atomic E-state index is 0.302. The van der Waals surface area contributed by atoms with Crippen molar-refractivity contribution in [3.8, 4) is 33.4 Å². The van der Waals surface area contributed by atoms with Gasteiger partial charge in [0.25, 0.3) is 0 Å². The lowest BCUT2D eigenvalue weighted by Crippen LogP contribution is -2.18. The lowest BCUT2D eigenvalue weighted by molar-refractivity contribution is 0.711. The average Bonchev–Trinajstić information content (AvgIpc) is 3.57. The Bertz CT molecular complexity index is 2520. The molecule has 0 spiro atoms. The number of fused-ring (bicyclic) bond motifs is 8. The monoisotopic (exact) mass is 528 g/mol. The van der Waals surface area contributed by atoms with E-state index in [0.29, 0.717) is 11.8 Å². The zero-order valence-electron chi connectivity index (χ0n) is 22.9. The third kappa shape index (κ3) is 2.43. The van der Waals surface area contributed by atoms with Crippen molar-refractivity contribution in [2.75, 3.05) is 0 Å². The minimum Gasteiger partial charge on any atom is -0.0761 e. The quantitative estimate of drug-likeness (QED) is 0.186. The fourth-order valence-electron chi connectivity index (χ4n) is 8.80. The summed E-state index contributed by atoms with van der Waals surface area (Å²) < 4.78 is 0. The van der Waals surface area contributed by atoms with Crippen LogP contribution in [0.4, 0.5) is 0 Å². The molecule has 0 heterocycles. The van der Waals surface area contributed by atoms with E-state index >= 15 is 0 Å². The van der Waals surface area contributed by atoms with Crippen molar-refractivity contribution in [2.45, 2.75) is 5.92 Å². The van der Waals surface area contributed by atoms with Gasteiger partial charge in [0.05, 0.1) is 0 Å². The van der Waals surface area contributed by atoms with Crippen molar-refractivity contribution < 1.29 is 0 Å². The van der Waals surface area contributed by atoms with Crippen LogP contribution in [0, 0.1) is 5.92 Å². The van der Waals surface area contributed by atoms with Crippen molar-refractivity contribution >= 4 is 54.7 Å². The molecule has 4 aliphatic carbocycles. The molecule has 0 bridgehead atoms. The van der Waals surface area contributed by atoms with Crippen LogP contribution in [-0.4, -0.2) is 0 Å². The zero-order valence-corrected chi connectivity index (χ0v) is 22.9. The van der Waals surface area contributed by atoms with Gasteiger partial charge in [0.2, 0.25) is 0 Å².